The van der Waals surface area contributed by atoms with Gasteiger partial charge in [0.25, 0.3) is 11.5 Å². The molecular formula is C17H20F2N2O4. The van der Waals surface area contributed by atoms with Crippen LogP contribution in [0, 0.1) is 11.6 Å². The lowest BCUT2D eigenvalue weighted by atomic mass is 9.87. The Labute approximate surface area is 142 Å². The number of hydrogen-bond acceptors (Lipinski definition) is 4. The molecule has 0 radical (unpaired) electrons. The zero-order chi connectivity index (χ0) is 18.4. The molecule has 1 saturated heterocycles. The van der Waals surface area contributed by atoms with E-state index >= 15 is 0 Å². The molecule has 2 aromatic rings. The van der Waals surface area contributed by atoms with Gasteiger partial charge in [-0.3, -0.25) is 9.59 Å². The minimum atomic E-state index is -0.833. The van der Waals surface area contributed by atoms with Gasteiger partial charge < -0.3 is 14.9 Å². The van der Waals surface area contributed by atoms with Crippen LogP contribution in [0.4, 0.5) is 8.78 Å². The number of halogens is 2. The summed E-state index contributed by atoms with van der Waals surface area (Å²) in [5.41, 5.74) is 0.245. The average Bonchev–Trinajstić information content (AvgIpc) is 2.97. The number of aromatic nitrogens is 1. The molecule has 1 fully saturated rings. The highest BCUT2D eigenvalue weighted by Crippen LogP contribution is 2.28. The molecule has 3 N–H and O–H groups in total. The van der Waals surface area contributed by atoms with E-state index in [1.54, 1.807) is 0 Å². The Morgan fingerprint density at radius 3 is 2.68 bits per heavy atom. The van der Waals surface area contributed by atoms with E-state index in [0.717, 1.165) is 32.4 Å². The van der Waals surface area contributed by atoms with Crippen molar-refractivity contribution in [3.63, 3.8) is 0 Å². The fourth-order valence-corrected chi connectivity index (χ4v) is 2.87. The molecule has 1 aliphatic heterocycles. The summed E-state index contributed by atoms with van der Waals surface area (Å²) in [5, 5.41) is 13.0. The highest BCUT2D eigenvalue weighted by Gasteiger charge is 2.26. The summed E-state index contributed by atoms with van der Waals surface area (Å²) in [5.74, 6) is -1.14. The van der Waals surface area contributed by atoms with Gasteiger partial charge >= 0.3 is 0 Å². The lowest BCUT2D eigenvalue weighted by molar-refractivity contribution is -0.134. The van der Waals surface area contributed by atoms with E-state index in [1.807, 2.05) is 0 Å². The molecule has 3 rings (SSSR count). The van der Waals surface area contributed by atoms with E-state index in [0.29, 0.717) is 17.7 Å². The van der Waals surface area contributed by atoms with Crippen LogP contribution in [0.2, 0.25) is 0 Å². The molecule has 0 aliphatic carbocycles. The van der Waals surface area contributed by atoms with E-state index in [-0.39, 0.29) is 17.5 Å². The quantitative estimate of drug-likeness (QED) is 0.787. The van der Waals surface area contributed by atoms with Gasteiger partial charge in [0.05, 0.1) is 0 Å². The first-order valence-corrected chi connectivity index (χ1v) is 7.90. The number of H-pyrrole nitrogens is 1. The highest BCUT2D eigenvalue weighted by molar-refractivity contribution is 5.62. The first-order chi connectivity index (χ1) is 11.8. The molecule has 136 valence electrons. The number of aromatic amines is 1. The number of rotatable bonds is 3. The van der Waals surface area contributed by atoms with Crippen molar-refractivity contribution in [3.8, 4) is 0 Å². The molecule has 1 aromatic carbocycles. The molecule has 0 saturated carbocycles. The van der Waals surface area contributed by atoms with Crippen LogP contribution in [0.1, 0.15) is 37.0 Å². The minimum absolute atomic E-state index is 0.0731. The van der Waals surface area contributed by atoms with E-state index in [1.165, 1.54) is 18.2 Å². The molecular weight excluding hydrogens is 334 g/mol. The number of carboxylic acid groups (broad SMARTS) is 1. The summed E-state index contributed by atoms with van der Waals surface area (Å²) in [4.78, 5) is 20.1. The van der Waals surface area contributed by atoms with Crippen molar-refractivity contribution < 1.29 is 23.2 Å². The van der Waals surface area contributed by atoms with Crippen molar-refractivity contribution in [2.75, 3.05) is 6.54 Å². The Balaban J connectivity index is 0.000000511. The molecule has 8 heteroatoms. The van der Waals surface area contributed by atoms with Crippen LogP contribution < -0.4 is 10.9 Å². The SMILES string of the molecule is CC(=O)O.O=c1cc([C@@H]2CCN[C@@H](Cc3ccc(F)cc3F)C2)o[nH]1. The molecule has 0 spiro atoms. The monoisotopic (exact) mass is 354 g/mol. The summed E-state index contributed by atoms with van der Waals surface area (Å²) >= 11 is 0. The van der Waals surface area contributed by atoms with Gasteiger partial charge in [0.15, 0.2) is 0 Å². The van der Waals surface area contributed by atoms with Gasteiger partial charge in [-0.25, -0.2) is 8.78 Å². The fraction of sp³-hybridized carbons (Fsp3) is 0.412. The van der Waals surface area contributed by atoms with Crippen LogP contribution in [0.5, 0.6) is 0 Å². The smallest absolute Gasteiger partial charge is 0.300 e. The summed E-state index contributed by atoms with van der Waals surface area (Å²) in [6.07, 6.45) is 2.10. The molecule has 2 heterocycles. The third kappa shape index (κ3) is 5.82. The number of carboxylic acids is 1. The number of piperidine rings is 1. The molecule has 0 amide bonds. The number of aliphatic carboxylic acids is 1. The molecule has 25 heavy (non-hydrogen) atoms. The fourth-order valence-electron chi connectivity index (χ4n) is 2.87. The van der Waals surface area contributed by atoms with Crippen molar-refractivity contribution in [3.05, 3.63) is 57.6 Å². The Morgan fingerprint density at radius 2 is 2.08 bits per heavy atom. The summed E-state index contributed by atoms with van der Waals surface area (Å²) in [6, 6.07) is 5.19. The molecule has 2 atom stereocenters. The van der Waals surface area contributed by atoms with Crippen molar-refractivity contribution in [1.29, 1.82) is 0 Å². The Kier molecular flexibility index (Phi) is 6.46. The third-order valence-electron chi connectivity index (χ3n) is 3.92. The van der Waals surface area contributed by atoms with Gasteiger partial charge in [0.1, 0.15) is 17.4 Å². The van der Waals surface area contributed by atoms with Crippen LogP contribution in [0.25, 0.3) is 0 Å². The lowest BCUT2D eigenvalue weighted by Crippen LogP contribution is -2.38. The molecule has 6 nitrogen and oxygen atoms in total. The first-order valence-electron chi connectivity index (χ1n) is 7.90. The third-order valence-corrected chi connectivity index (χ3v) is 3.92. The molecule has 0 unspecified atom stereocenters. The maximum atomic E-state index is 13.7. The zero-order valence-corrected chi connectivity index (χ0v) is 13.7. The zero-order valence-electron chi connectivity index (χ0n) is 13.7. The van der Waals surface area contributed by atoms with Gasteiger partial charge in [-0.15, -0.1) is 0 Å². The molecule has 0 bridgehead atoms. The van der Waals surface area contributed by atoms with Gasteiger partial charge in [-0.2, -0.15) is 5.16 Å². The predicted molar refractivity (Wildman–Crippen MR) is 86.5 cm³/mol. The largest absolute Gasteiger partial charge is 0.481 e. The van der Waals surface area contributed by atoms with E-state index in [9.17, 15) is 13.6 Å². The van der Waals surface area contributed by atoms with Gasteiger partial charge in [-0.05, 0) is 37.4 Å². The second kappa shape index (κ2) is 8.57. The highest BCUT2D eigenvalue weighted by atomic mass is 19.1. The number of carbonyl (C=O) groups is 1. The summed E-state index contributed by atoms with van der Waals surface area (Å²) in [7, 11) is 0. The maximum Gasteiger partial charge on any atom is 0.300 e. The Morgan fingerprint density at radius 1 is 1.36 bits per heavy atom. The normalized spacial score (nSPS) is 19.8. The minimum Gasteiger partial charge on any atom is -0.481 e. The predicted octanol–water partition coefficient (Wildman–Crippen LogP) is 2.42. The van der Waals surface area contributed by atoms with Crippen LogP contribution >= 0.6 is 0 Å². The standard InChI is InChI=1S/C15H16F2N2O2.C2H4O2/c16-11-2-1-9(13(17)7-11)5-12-6-10(3-4-18-12)14-8-15(20)19-21-14;1-2(3)4/h1-2,7-8,10,12,18H,3-6H2,(H,19,20);1H3,(H,3,4)/t10-,12+;/m1./s1. The first kappa shape index (κ1) is 18.9. The summed E-state index contributed by atoms with van der Waals surface area (Å²) in [6.45, 7) is 1.85. The van der Waals surface area contributed by atoms with Crippen LogP contribution in [0.3, 0.4) is 0 Å². The average molecular weight is 354 g/mol. The van der Waals surface area contributed by atoms with Crippen molar-refractivity contribution in [1.82, 2.24) is 10.5 Å². The van der Waals surface area contributed by atoms with Gasteiger partial charge in [0, 0.05) is 31.0 Å². The van der Waals surface area contributed by atoms with Gasteiger partial charge in [-0.1, -0.05) is 6.07 Å². The van der Waals surface area contributed by atoms with E-state index in [4.69, 9.17) is 14.4 Å². The second-order valence-corrected chi connectivity index (χ2v) is 5.95. The van der Waals surface area contributed by atoms with Gasteiger partial charge in [0.2, 0.25) is 0 Å². The van der Waals surface area contributed by atoms with E-state index < -0.39 is 17.6 Å². The van der Waals surface area contributed by atoms with Crippen molar-refractivity contribution in [2.45, 2.75) is 38.1 Å². The van der Waals surface area contributed by atoms with Crippen LogP contribution in [-0.4, -0.2) is 28.8 Å². The molecule has 1 aromatic heterocycles. The van der Waals surface area contributed by atoms with Crippen LogP contribution in [0.15, 0.2) is 33.6 Å². The Bertz CT molecular complexity index is 768. The lowest BCUT2D eigenvalue weighted by Gasteiger charge is -2.29. The van der Waals surface area contributed by atoms with Crippen molar-refractivity contribution in [2.24, 2.45) is 0 Å². The topological polar surface area (TPSA) is 95.3 Å². The molecule has 1 aliphatic rings. The summed E-state index contributed by atoms with van der Waals surface area (Å²) < 4.78 is 31.8. The van der Waals surface area contributed by atoms with Crippen LogP contribution in [-0.2, 0) is 11.2 Å². The number of hydrogen-bond donors (Lipinski definition) is 3. The maximum absolute atomic E-state index is 13.7. The number of nitrogens with one attached hydrogen (secondary N) is 2. The number of benzene rings is 1. The van der Waals surface area contributed by atoms with Crippen molar-refractivity contribution >= 4 is 5.97 Å². The Hall–Kier alpha value is -2.48. The van der Waals surface area contributed by atoms with E-state index in [2.05, 4.69) is 10.5 Å². The second-order valence-electron chi connectivity index (χ2n) is 5.95.